The molecule has 1 fully saturated rings. The summed E-state index contributed by atoms with van der Waals surface area (Å²) in [7, 11) is 0. The minimum absolute atomic E-state index is 0.256. The zero-order valence-electron chi connectivity index (χ0n) is 17.6. The van der Waals surface area contributed by atoms with Crippen LogP contribution in [0.4, 0.5) is 4.79 Å². The molecule has 1 saturated heterocycles. The standard InChI is InChI=1S/C25H28N4O2/c26-14-22(16-27-15-20-8-3-1-4-9-20)24-18-28(17-23-12-7-13-29(23)24)25(30)31-19-21-10-5-2-6-11-21/h1-6,8-11,14,16,18,23H,7,12-13,15,17,19,26H2/b22-14+,27-16?/t23-/m0/s1. The SMILES string of the molecule is N/C=C(\C=NCc1ccccc1)C1=CN(C(=O)OCc2ccccc2)C[C@@H]2CCCN12. The number of allylic oxidation sites excluding steroid dienone is 1. The molecule has 6 heteroatoms. The van der Waals surface area contributed by atoms with Gasteiger partial charge in [-0.2, -0.15) is 0 Å². The third-order valence-electron chi connectivity index (χ3n) is 5.63. The molecule has 0 aromatic heterocycles. The number of aliphatic imine (C=N–C) groups is 1. The number of carbonyl (C=O) groups is 1. The number of nitrogens with zero attached hydrogens (tertiary/aromatic N) is 3. The molecule has 4 rings (SSSR count). The maximum Gasteiger partial charge on any atom is 0.414 e. The average molecular weight is 417 g/mol. The van der Waals surface area contributed by atoms with Gasteiger partial charge >= 0.3 is 6.09 Å². The van der Waals surface area contributed by atoms with E-state index in [2.05, 4.69) is 9.89 Å². The summed E-state index contributed by atoms with van der Waals surface area (Å²) in [6, 6.07) is 20.1. The summed E-state index contributed by atoms with van der Waals surface area (Å²) in [5.41, 5.74) is 9.80. The second-order valence-corrected chi connectivity index (χ2v) is 7.77. The van der Waals surface area contributed by atoms with Crippen LogP contribution >= 0.6 is 0 Å². The Balaban J connectivity index is 1.48. The summed E-state index contributed by atoms with van der Waals surface area (Å²) in [6.45, 7) is 2.41. The molecule has 0 saturated carbocycles. The highest BCUT2D eigenvalue weighted by atomic mass is 16.6. The number of hydrogen-bond acceptors (Lipinski definition) is 5. The van der Waals surface area contributed by atoms with Gasteiger partial charge in [-0.25, -0.2) is 4.79 Å². The highest BCUT2D eigenvalue weighted by Crippen LogP contribution is 2.31. The van der Waals surface area contributed by atoms with Crippen LogP contribution in [0.3, 0.4) is 0 Å². The highest BCUT2D eigenvalue weighted by molar-refractivity contribution is 5.84. The Morgan fingerprint density at radius 3 is 2.52 bits per heavy atom. The van der Waals surface area contributed by atoms with Crippen molar-refractivity contribution in [2.24, 2.45) is 10.7 Å². The molecule has 0 bridgehead atoms. The van der Waals surface area contributed by atoms with Gasteiger partial charge in [0.1, 0.15) is 6.61 Å². The lowest BCUT2D eigenvalue weighted by Crippen LogP contribution is -2.46. The molecule has 2 aliphatic heterocycles. The predicted molar refractivity (Wildman–Crippen MR) is 122 cm³/mol. The van der Waals surface area contributed by atoms with Crippen LogP contribution in [0, 0.1) is 0 Å². The van der Waals surface area contributed by atoms with E-state index in [0.29, 0.717) is 13.1 Å². The minimum Gasteiger partial charge on any atom is -0.444 e. The van der Waals surface area contributed by atoms with Gasteiger partial charge in [0, 0.05) is 43.3 Å². The summed E-state index contributed by atoms with van der Waals surface area (Å²) in [6.07, 6.45) is 7.00. The summed E-state index contributed by atoms with van der Waals surface area (Å²) in [5.74, 6) is 0. The van der Waals surface area contributed by atoms with Crippen LogP contribution in [-0.4, -0.2) is 41.2 Å². The Morgan fingerprint density at radius 1 is 1.10 bits per heavy atom. The van der Waals surface area contributed by atoms with Crippen molar-refractivity contribution in [2.45, 2.75) is 32.0 Å². The van der Waals surface area contributed by atoms with Crippen molar-refractivity contribution in [1.82, 2.24) is 9.80 Å². The van der Waals surface area contributed by atoms with E-state index in [0.717, 1.165) is 41.8 Å². The van der Waals surface area contributed by atoms with Gasteiger partial charge in [-0.05, 0) is 24.0 Å². The third kappa shape index (κ3) is 5.15. The molecule has 1 amide bonds. The Labute approximate surface area is 183 Å². The molecule has 0 unspecified atom stereocenters. The number of fused-ring (bicyclic) bond motifs is 1. The van der Waals surface area contributed by atoms with Crippen LogP contribution in [0.5, 0.6) is 0 Å². The zero-order valence-corrected chi connectivity index (χ0v) is 17.6. The summed E-state index contributed by atoms with van der Waals surface area (Å²) >= 11 is 0. The Hall–Kier alpha value is -3.54. The fourth-order valence-corrected chi connectivity index (χ4v) is 4.04. The van der Waals surface area contributed by atoms with E-state index >= 15 is 0 Å². The highest BCUT2D eigenvalue weighted by Gasteiger charge is 2.35. The van der Waals surface area contributed by atoms with Crippen molar-refractivity contribution < 1.29 is 9.53 Å². The first-order chi connectivity index (χ1) is 15.2. The fourth-order valence-electron chi connectivity index (χ4n) is 4.04. The number of benzene rings is 2. The lowest BCUT2D eigenvalue weighted by atomic mass is 10.1. The van der Waals surface area contributed by atoms with Crippen LogP contribution in [0.1, 0.15) is 24.0 Å². The largest absolute Gasteiger partial charge is 0.444 e. The van der Waals surface area contributed by atoms with Gasteiger partial charge < -0.3 is 15.4 Å². The molecule has 2 heterocycles. The van der Waals surface area contributed by atoms with Gasteiger partial charge in [-0.3, -0.25) is 9.89 Å². The van der Waals surface area contributed by atoms with Crippen LogP contribution < -0.4 is 5.73 Å². The second kappa shape index (κ2) is 9.98. The molecule has 2 aromatic rings. The molecule has 2 N–H and O–H groups in total. The van der Waals surface area contributed by atoms with Crippen molar-refractivity contribution in [3.8, 4) is 0 Å². The predicted octanol–water partition coefficient (Wildman–Crippen LogP) is 4.06. The van der Waals surface area contributed by atoms with Gasteiger partial charge in [0.25, 0.3) is 0 Å². The van der Waals surface area contributed by atoms with Crippen LogP contribution in [-0.2, 0) is 17.9 Å². The Morgan fingerprint density at radius 2 is 1.81 bits per heavy atom. The molecule has 6 nitrogen and oxygen atoms in total. The number of carbonyl (C=O) groups excluding carboxylic acids is 1. The molecule has 160 valence electrons. The summed E-state index contributed by atoms with van der Waals surface area (Å²) < 4.78 is 5.56. The molecule has 2 aromatic carbocycles. The number of amides is 1. The molecule has 2 aliphatic rings. The van der Waals surface area contributed by atoms with Gasteiger partial charge in [-0.15, -0.1) is 0 Å². The van der Waals surface area contributed by atoms with E-state index in [1.54, 1.807) is 17.3 Å². The lowest BCUT2D eigenvalue weighted by Gasteiger charge is -2.37. The quantitative estimate of drug-likeness (QED) is 0.721. The van der Waals surface area contributed by atoms with E-state index in [1.807, 2.05) is 66.9 Å². The molecule has 0 spiro atoms. The molecular formula is C25H28N4O2. The fraction of sp³-hybridized carbons (Fsp3) is 0.280. The smallest absolute Gasteiger partial charge is 0.414 e. The number of hydrogen-bond donors (Lipinski definition) is 1. The van der Waals surface area contributed by atoms with Crippen LogP contribution in [0.2, 0.25) is 0 Å². The monoisotopic (exact) mass is 416 g/mol. The zero-order chi connectivity index (χ0) is 21.5. The Bertz CT molecular complexity index is 970. The van der Waals surface area contributed by atoms with Gasteiger partial charge in [0.05, 0.1) is 12.2 Å². The first-order valence-corrected chi connectivity index (χ1v) is 10.7. The van der Waals surface area contributed by atoms with E-state index < -0.39 is 0 Å². The second-order valence-electron chi connectivity index (χ2n) is 7.77. The Kier molecular flexibility index (Phi) is 6.67. The van der Waals surface area contributed by atoms with E-state index in [4.69, 9.17) is 10.5 Å². The van der Waals surface area contributed by atoms with Gasteiger partial charge in [-0.1, -0.05) is 60.7 Å². The summed E-state index contributed by atoms with van der Waals surface area (Å²) in [5, 5.41) is 0. The number of nitrogens with two attached hydrogens (primary N) is 1. The van der Waals surface area contributed by atoms with E-state index in [1.165, 1.54) is 0 Å². The maximum atomic E-state index is 12.8. The van der Waals surface area contributed by atoms with Crippen LogP contribution in [0.15, 0.2) is 89.3 Å². The van der Waals surface area contributed by atoms with Crippen LogP contribution in [0.25, 0.3) is 0 Å². The maximum absolute atomic E-state index is 12.8. The van der Waals surface area contributed by atoms with Crippen molar-refractivity contribution >= 4 is 12.3 Å². The van der Waals surface area contributed by atoms with Crippen molar-refractivity contribution in [3.05, 3.63) is 95.5 Å². The number of rotatable bonds is 6. The molecule has 31 heavy (non-hydrogen) atoms. The molecule has 0 aliphatic carbocycles. The average Bonchev–Trinajstić information content (AvgIpc) is 3.30. The van der Waals surface area contributed by atoms with Crippen molar-refractivity contribution in [2.75, 3.05) is 13.1 Å². The van der Waals surface area contributed by atoms with Gasteiger partial charge in [0.2, 0.25) is 0 Å². The molecule has 0 radical (unpaired) electrons. The van der Waals surface area contributed by atoms with Crippen molar-refractivity contribution in [1.29, 1.82) is 0 Å². The first kappa shape index (κ1) is 20.7. The normalized spacial score (nSPS) is 18.8. The third-order valence-corrected chi connectivity index (χ3v) is 5.63. The first-order valence-electron chi connectivity index (χ1n) is 10.7. The lowest BCUT2D eigenvalue weighted by molar-refractivity contribution is 0.0973. The minimum atomic E-state index is -0.342. The van der Waals surface area contributed by atoms with Gasteiger partial charge in [0.15, 0.2) is 0 Å². The number of ether oxygens (including phenoxy) is 1. The van der Waals surface area contributed by atoms with E-state index in [-0.39, 0.29) is 18.7 Å². The van der Waals surface area contributed by atoms with E-state index in [9.17, 15) is 4.79 Å². The molecule has 1 atom stereocenters. The van der Waals surface area contributed by atoms with Crippen molar-refractivity contribution in [3.63, 3.8) is 0 Å². The topological polar surface area (TPSA) is 71.2 Å². The molecular weight excluding hydrogens is 388 g/mol. The summed E-state index contributed by atoms with van der Waals surface area (Å²) in [4.78, 5) is 21.3.